The van der Waals surface area contributed by atoms with Gasteiger partial charge in [0.05, 0.1) is 30.2 Å². The third-order valence-corrected chi connectivity index (χ3v) is 5.19. The monoisotopic (exact) mass is 355 g/mol. The van der Waals surface area contributed by atoms with Crippen LogP contribution in [0, 0.1) is 0 Å². The van der Waals surface area contributed by atoms with Crippen LogP contribution in [-0.4, -0.2) is 33.9 Å². The molecule has 4 nitrogen and oxygen atoms in total. The molecule has 1 aromatic heterocycles. The second-order valence-electron chi connectivity index (χ2n) is 6.64. The first-order valence-electron chi connectivity index (χ1n) is 8.83. The Morgan fingerprint density at radius 3 is 2.84 bits per heavy atom. The first-order chi connectivity index (χ1) is 12.3. The SMILES string of the molecule is OC[C@@H]1CCCCN1c1nc2ccccc2n1Cc1cccc(Cl)c1. The van der Waals surface area contributed by atoms with Gasteiger partial charge in [-0.15, -0.1) is 0 Å². The lowest BCUT2D eigenvalue weighted by Gasteiger charge is -2.35. The van der Waals surface area contributed by atoms with Gasteiger partial charge in [-0.25, -0.2) is 4.98 Å². The Balaban J connectivity index is 1.80. The van der Waals surface area contributed by atoms with E-state index in [1.54, 1.807) is 0 Å². The minimum Gasteiger partial charge on any atom is -0.394 e. The smallest absolute Gasteiger partial charge is 0.207 e. The largest absolute Gasteiger partial charge is 0.394 e. The zero-order valence-corrected chi connectivity index (χ0v) is 14.9. The van der Waals surface area contributed by atoms with E-state index in [0.29, 0.717) is 6.54 Å². The molecular formula is C20H22ClN3O. The highest BCUT2D eigenvalue weighted by Gasteiger charge is 2.26. The van der Waals surface area contributed by atoms with Crippen LogP contribution in [0.15, 0.2) is 48.5 Å². The molecule has 4 rings (SSSR count). The summed E-state index contributed by atoms with van der Waals surface area (Å²) in [7, 11) is 0. The van der Waals surface area contributed by atoms with Gasteiger partial charge in [0.15, 0.2) is 0 Å². The van der Waals surface area contributed by atoms with Gasteiger partial charge >= 0.3 is 0 Å². The van der Waals surface area contributed by atoms with Crippen LogP contribution in [0.25, 0.3) is 11.0 Å². The second-order valence-corrected chi connectivity index (χ2v) is 7.08. The molecule has 130 valence electrons. The van der Waals surface area contributed by atoms with Crippen LogP contribution in [0.1, 0.15) is 24.8 Å². The molecule has 5 heteroatoms. The zero-order valence-electron chi connectivity index (χ0n) is 14.1. The molecule has 0 unspecified atom stereocenters. The summed E-state index contributed by atoms with van der Waals surface area (Å²) < 4.78 is 2.25. The number of para-hydroxylation sites is 2. The Kier molecular flexibility index (Phi) is 4.64. The molecule has 0 aliphatic carbocycles. The molecule has 2 aromatic carbocycles. The Bertz CT molecular complexity index is 876. The van der Waals surface area contributed by atoms with E-state index in [4.69, 9.17) is 16.6 Å². The van der Waals surface area contributed by atoms with E-state index in [9.17, 15) is 5.11 Å². The van der Waals surface area contributed by atoms with Gasteiger partial charge in [-0.2, -0.15) is 0 Å². The molecule has 1 saturated heterocycles. The maximum Gasteiger partial charge on any atom is 0.207 e. The normalized spacial score (nSPS) is 18.0. The topological polar surface area (TPSA) is 41.3 Å². The summed E-state index contributed by atoms with van der Waals surface area (Å²) in [6.45, 7) is 1.82. The van der Waals surface area contributed by atoms with Gasteiger partial charge in [0.1, 0.15) is 0 Å². The van der Waals surface area contributed by atoms with Gasteiger partial charge in [0.25, 0.3) is 0 Å². The van der Waals surface area contributed by atoms with Gasteiger partial charge in [0.2, 0.25) is 5.95 Å². The average Bonchev–Trinajstić information content (AvgIpc) is 3.00. The lowest BCUT2D eigenvalue weighted by molar-refractivity contribution is 0.238. The van der Waals surface area contributed by atoms with Crippen LogP contribution < -0.4 is 4.90 Å². The highest BCUT2D eigenvalue weighted by Crippen LogP contribution is 2.29. The van der Waals surface area contributed by atoms with E-state index >= 15 is 0 Å². The standard InChI is InChI=1S/C20H22ClN3O/c21-16-7-5-6-15(12-16)13-24-19-10-2-1-9-18(19)22-20(24)23-11-4-3-8-17(23)14-25/h1-2,5-7,9-10,12,17,25H,3-4,8,11,13-14H2/t17-/m0/s1. The van der Waals surface area contributed by atoms with Crippen molar-refractivity contribution in [2.24, 2.45) is 0 Å². The van der Waals surface area contributed by atoms with Crippen LogP contribution in [0.4, 0.5) is 5.95 Å². The number of halogens is 1. The maximum atomic E-state index is 9.82. The summed E-state index contributed by atoms with van der Waals surface area (Å²) in [6.07, 6.45) is 3.31. The van der Waals surface area contributed by atoms with Crippen LogP contribution in [0.3, 0.4) is 0 Å². The number of piperidine rings is 1. The van der Waals surface area contributed by atoms with Crippen LogP contribution >= 0.6 is 11.6 Å². The Hall–Kier alpha value is -2.04. The molecule has 2 heterocycles. The Morgan fingerprint density at radius 2 is 2.00 bits per heavy atom. The lowest BCUT2D eigenvalue weighted by atomic mass is 10.0. The van der Waals surface area contributed by atoms with Crippen molar-refractivity contribution in [3.8, 4) is 0 Å². The maximum absolute atomic E-state index is 9.82. The predicted octanol–water partition coefficient (Wildman–Crippen LogP) is 4.09. The summed E-state index contributed by atoms with van der Waals surface area (Å²) in [5.74, 6) is 0.944. The van der Waals surface area contributed by atoms with Crippen molar-refractivity contribution >= 4 is 28.6 Å². The number of anilines is 1. The summed E-state index contributed by atoms with van der Waals surface area (Å²) in [5, 5.41) is 10.6. The average molecular weight is 356 g/mol. The van der Waals surface area contributed by atoms with Crippen LogP contribution in [0.5, 0.6) is 0 Å². The number of aliphatic hydroxyl groups excluding tert-OH is 1. The van der Waals surface area contributed by atoms with Gasteiger partial charge < -0.3 is 14.6 Å². The van der Waals surface area contributed by atoms with Crippen molar-refractivity contribution < 1.29 is 5.11 Å². The van der Waals surface area contributed by atoms with Crippen molar-refractivity contribution in [3.05, 3.63) is 59.1 Å². The minimum absolute atomic E-state index is 0.142. The fourth-order valence-electron chi connectivity index (χ4n) is 3.71. The quantitative estimate of drug-likeness (QED) is 0.766. The molecular weight excluding hydrogens is 334 g/mol. The number of aliphatic hydroxyl groups is 1. The van der Waals surface area contributed by atoms with E-state index in [0.717, 1.165) is 53.4 Å². The van der Waals surface area contributed by atoms with Gasteiger partial charge in [0, 0.05) is 11.6 Å². The molecule has 0 spiro atoms. The molecule has 0 radical (unpaired) electrons. The van der Waals surface area contributed by atoms with Crippen molar-refractivity contribution in [1.82, 2.24) is 9.55 Å². The number of benzene rings is 2. The molecule has 1 fully saturated rings. The highest BCUT2D eigenvalue weighted by atomic mass is 35.5. The van der Waals surface area contributed by atoms with Gasteiger partial charge in [-0.3, -0.25) is 0 Å². The molecule has 0 amide bonds. The van der Waals surface area contributed by atoms with Crippen LogP contribution in [-0.2, 0) is 6.54 Å². The second kappa shape index (κ2) is 7.06. The number of nitrogens with zero attached hydrogens (tertiary/aromatic N) is 3. The lowest BCUT2D eigenvalue weighted by Crippen LogP contribution is -2.43. The molecule has 1 aliphatic rings. The van der Waals surface area contributed by atoms with Crippen molar-refractivity contribution in [2.75, 3.05) is 18.1 Å². The van der Waals surface area contributed by atoms with Crippen molar-refractivity contribution in [3.63, 3.8) is 0 Å². The third-order valence-electron chi connectivity index (χ3n) is 4.96. The highest BCUT2D eigenvalue weighted by molar-refractivity contribution is 6.30. The number of hydrogen-bond acceptors (Lipinski definition) is 3. The molecule has 3 aromatic rings. The van der Waals surface area contributed by atoms with Crippen LogP contribution in [0.2, 0.25) is 5.02 Å². The summed E-state index contributed by atoms with van der Waals surface area (Å²) in [6, 6.07) is 16.3. The molecule has 0 saturated carbocycles. The number of hydrogen-bond donors (Lipinski definition) is 1. The number of imidazole rings is 1. The fourth-order valence-corrected chi connectivity index (χ4v) is 3.92. The van der Waals surface area contributed by atoms with E-state index in [2.05, 4.69) is 21.6 Å². The number of aromatic nitrogens is 2. The molecule has 0 bridgehead atoms. The third kappa shape index (κ3) is 3.24. The summed E-state index contributed by atoms with van der Waals surface area (Å²) in [4.78, 5) is 7.17. The van der Waals surface area contributed by atoms with E-state index in [-0.39, 0.29) is 12.6 Å². The van der Waals surface area contributed by atoms with Crippen molar-refractivity contribution in [1.29, 1.82) is 0 Å². The Morgan fingerprint density at radius 1 is 1.12 bits per heavy atom. The molecule has 25 heavy (non-hydrogen) atoms. The van der Waals surface area contributed by atoms with E-state index in [1.165, 1.54) is 0 Å². The molecule has 1 N–H and O–H groups in total. The van der Waals surface area contributed by atoms with E-state index < -0.39 is 0 Å². The number of rotatable bonds is 4. The first kappa shape index (κ1) is 16.4. The Labute approximate surface area is 152 Å². The summed E-state index contributed by atoms with van der Waals surface area (Å²) >= 11 is 6.17. The minimum atomic E-state index is 0.142. The van der Waals surface area contributed by atoms with Gasteiger partial charge in [-0.1, -0.05) is 35.9 Å². The van der Waals surface area contributed by atoms with Gasteiger partial charge in [-0.05, 0) is 49.1 Å². The summed E-state index contributed by atoms with van der Waals surface area (Å²) in [5.41, 5.74) is 3.25. The zero-order chi connectivity index (χ0) is 17.2. The molecule has 1 atom stereocenters. The van der Waals surface area contributed by atoms with E-state index in [1.807, 2.05) is 36.4 Å². The number of fused-ring (bicyclic) bond motifs is 1. The fraction of sp³-hybridized carbons (Fsp3) is 0.350. The molecule has 1 aliphatic heterocycles. The first-order valence-corrected chi connectivity index (χ1v) is 9.21. The van der Waals surface area contributed by atoms with Crippen molar-refractivity contribution in [2.45, 2.75) is 31.8 Å². The predicted molar refractivity (Wildman–Crippen MR) is 102 cm³/mol.